The summed E-state index contributed by atoms with van der Waals surface area (Å²) in [6, 6.07) is 1.33. The number of piperidine rings is 1. The molecule has 2 atom stereocenters. The van der Waals surface area contributed by atoms with Crippen LogP contribution in [0.4, 0.5) is 0 Å². The van der Waals surface area contributed by atoms with Crippen molar-refractivity contribution < 1.29 is 9.59 Å². The summed E-state index contributed by atoms with van der Waals surface area (Å²) in [5, 5.41) is 5.61. The molecule has 2 rings (SSSR count). The van der Waals surface area contributed by atoms with Crippen molar-refractivity contribution in [2.45, 2.75) is 45.2 Å². The first-order chi connectivity index (χ1) is 9.51. The van der Waals surface area contributed by atoms with Crippen molar-refractivity contribution in [2.75, 3.05) is 0 Å². The molecule has 2 heterocycles. The van der Waals surface area contributed by atoms with Crippen molar-refractivity contribution in [1.29, 1.82) is 0 Å². The second-order valence-electron chi connectivity index (χ2n) is 5.08. The standard InChI is InChI=1S/C14H19N3O3/c1-3-9-6-10(13(19)15-7-9)14(20)17-11-4-5-12(18)16-8(11)2/h6-8,11H,3-5H2,1-2H3,(H,15,19)(H,16,18)(H,17,20). The van der Waals surface area contributed by atoms with Crippen LogP contribution in [-0.4, -0.2) is 28.9 Å². The minimum atomic E-state index is -0.396. The highest BCUT2D eigenvalue weighted by atomic mass is 16.2. The first-order valence-corrected chi connectivity index (χ1v) is 6.83. The van der Waals surface area contributed by atoms with Crippen LogP contribution in [0.1, 0.15) is 42.6 Å². The van der Waals surface area contributed by atoms with Gasteiger partial charge in [0, 0.05) is 24.7 Å². The summed E-state index contributed by atoms with van der Waals surface area (Å²) in [5.41, 5.74) is 0.625. The van der Waals surface area contributed by atoms with Gasteiger partial charge in [0.2, 0.25) is 5.91 Å². The fraction of sp³-hybridized carbons (Fsp3) is 0.500. The molecule has 0 bridgehead atoms. The van der Waals surface area contributed by atoms with Crippen LogP contribution in [0.5, 0.6) is 0 Å². The van der Waals surface area contributed by atoms with Crippen LogP contribution in [0.3, 0.4) is 0 Å². The molecule has 0 aromatic carbocycles. The molecule has 1 aromatic heterocycles. The number of aromatic nitrogens is 1. The molecule has 1 aliphatic heterocycles. The number of rotatable bonds is 3. The van der Waals surface area contributed by atoms with Gasteiger partial charge >= 0.3 is 0 Å². The molecule has 108 valence electrons. The van der Waals surface area contributed by atoms with Crippen LogP contribution < -0.4 is 16.2 Å². The summed E-state index contributed by atoms with van der Waals surface area (Å²) >= 11 is 0. The van der Waals surface area contributed by atoms with E-state index in [1.807, 2.05) is 13.8 Å². The predicted octanol–water partition coefficient (Wildman–Crippen LogP) is 0.334. The third kappa shape index (κ3) is 3.07. The number of hydrogen-bond acceptors (Lipinski definition) is 3. The molecule has 2 unspecified atom stereocenters. The van der Waals surface area contributed by atoms with Crippen LogP contribution in [0.15, 0.2) is 17.1 Å². The van der Waals surface area contributed by atoms with Crippen LogP contribution in [0.2, 0.25) is 0 Å². The third-order valence-corrected chi connectivity index (χ3v) is 3.61. The fourth-order valence-corrected chi connectivity index (χ4v) is 2.31. The summed E-state index contributed by atoms with van der Waals surface area (Å²) in [6.45, 7) is 3.79. The van der Waals surface area contributed by atoms with Gasteiger partial charge in [-0.2, -0.15) is 0 Å². The van der Waals surface area contributed by atoms with E-state index in [1.165, 1.54) is 0 Å². The van der Waals surface area contributed by atoms with Gasteiger partial charge in [-0.15, -0.1) is 0 Å². The Morgan fingerprint density at radius 2 is 2.20 bits per heavy atom. The van der Waals surface area contributed by atoms with E-state index < -0.39 is 11.5 Å². The summed E-state index contributed by atoms with van der Waals surface area (Å²) in [4.78, 5) is 37.7. The van der Waals surface area contributed by atoms with E-state index in [1.54, 1.807) is 12.3 Å². The zero-order valence-corrected chi connectivity index (χ0v) is 11.7. The molecule has 0 radical (unpaired) electrons. The molecule has 0 spiro atoms. The van der Waals surface area contributed by atoms with Gasteiger partial charge in [-0.3, -0.25) is 14.4 Å². The molecule has 0 saturated carbocycles. The second kappa shape index (κ2) is 5.90. The highest BCUT2D eigenvalue weighted by Crippen LogP contribution is 2.10. The Bertz CT molecular complexity index is 579. The van der Waals surface area contributed by atoms with Gasteiger partial charge in [0.05, 0.1) is 0 Å². The minimum Gasteiger partial charge on any atom is -0.352 e. The van der Waals surface area contributed by atoms with E-state index in [4.69, 9.17) is 0 Å². The molecular formula is C14H19N3O3. The lowest BCUT2D eigenvalue weighted by atomic mass is 9.99. The molecule has 6 heteroatoms. The average Bonchev–Trinajstić information content (AvgIpc) is 2.42. The highest BCUT2D eigenvalue weighted by Gasteiger charge is 2.27. The normalized spacial score (nSPS) is 22.2. The number of amides is 2. The van der Waals surface area contributed by atoms with Crippen molar-refractivity contribution in [2.24, 2.45) is 0 Å². The van der Waals surface area contributed by atoms with Crippen LogP contribution in [-0.2, 0) is 11.2 Å². The van der Waals surface area contributed by atoms with Gasteiger partial charge in [0.25, 0.3) is 11.5 Å². The molecule has 20 heavy (non-hydrogen) atoms. The zero-order chi connectivity index (χ0) is 14.7. The number of pyridine rings is 1. The van der Waals surface area contributed by atoms with E-state index in [-0.39, 0.29) is 23.6 Å². The van der Waals surface area contributed by atoms with E-state index in [0.29, 0.717) is 12.8 Å². The molecule has 1 aromatic rings. The Balaban J connectivity index is 2.12. The highest BCUT2D eigenvalue weighted by molar-refractivity contribution is 5.94. The average molecular weight is 277 g/mol. The van der Waals surface area contributed by atoms with Gasteiger partial charge < -0.3 is 15.6 Å². The van der Waals surface area contributed by atoms with Crippen molar-refractivity contribution in [1.82, 2.24) is 15.6 Å². The van der Waals surface area contributed by atoms with Crippen LogP contribution in [0.25, 0.3) is 0 Å². The molecule has 1 fully saturated rings. The first kappa shape index (κ1) is 14.3. The van der Waals surface area contributed by atoms with E-state index in [9.17, 15) is 14.4 Å². The summed E-state index contributed by atoms with van der Waals surface area (Å²) in [7, 11) is 0. The lowest BCUT2D eigenvalue weighted by Crippen LogP contribution is -2.54. The second-order valence-corrected chi connectivity index (χ2v) is 5.08. The Morgan fingerprint density at radius 1 is 1.45 bits per heavy atom. The molecule has 0 aliphatic carbocycles. The molecule has 2 amide bonds. The zero-order valence-electron chi connectivity index (χ0n) is 11.7. The smallest absolute Gasteiger partial charge is 0.260 e. The largest absolute Gasteiger partial charge is 0.352 e. The molecule has 6 nitrogen and oxygen atoms in total. The first-order valence-electron chi connectivity index (χ1n) is 6.83. The quantitative estimate of drug-likeness (QED) is 0.743. The van der Waals surface area contributed by atoms with Gasteiger partial charge in [0.1, 0.15) is 5.56 Å². The maximum Gasteiger partial charge on any atom is 0.260 e. The monoisotopic (exact) mass is 277 g/mol. The van der Waals surface area contributed by atoms with Gasteiger partial charge in [-0.1, -0.05) is 6.92 Å². The number of aryl methyl sites for hydroxylation is 1. The molecule has 1 saturated heterocycles. The van der Waals surface area contributed by atoms with Crippen LogP contribution >= 0.6 is 0 Å². The van der Waals surface area contributed by atoms with E-state index in [0.717, 1.165) is 12.0 Å². The topological polar surface area (TPSA) is 91.1 Å². The molecular weight excluding hydrogens is 258 g/mol. The van der Waals surface area contributed by atoms with Crippen molar-refractivity contribution in [3.05, 3.63) is 33.7 Å². The summed E-state index contributed by atoms with van der Waals surface area (Å²) < 4.78 is 0. The predicted molar refractivity (Wildman–Crippen MR) is 74.5 cm³/mol. The maximum absolute atomic E-state index is 12.2. The Hall–Kier alpha value is -2.11. The van der Waals surface area contributed by atoms with Crippen molar-refractivity contribution >= 4 is 11.8 Å². The molecule has 1 aliphatic rings. The van der Waals surface area contributed by atoms with Crippen molar-refractivity contribution in [3.63, 3.8) is 0 Å². The Morgan fingerprint density at radius 3 is 2.85 bits per heavy atom. The number of hydrogen-bond donors (Lipinski definition) is 3. The van der Waals surface area contributed by atoms with Crippen molar-refractivity contribution in [3.8, 4) is 0 Å². The summed E-state index contributed by atoms with van der Waals surface area (Å²) in [5.74, 6) is -0.400. The fourth-order valence-electron chi connectivity index (χ4n) is 2.31. The van der Waals surface area contributed by atoms with E-state index >= 15 is 0 Å². The van der Waals surface area contributed by atoms with Gasteiger partial charge in [-0.05, 0) is 31.4 Å². The van der Waals surface area contributed by atoms with Crippen LogP contribution in [0, 0.1) is 0 Å². The van der Waals surface area contributed by atoms with Gasteiger partial charge in [-0.25, -0.2) is 0 Å². The number of nitrogens with one attached hydrogen (secondary N) is 3. The lowest BCUT2D eigenvalue weighted by molar-refractivity contribution is -0.123. The number of aromatic amines is 1. The lowest BCUT2D eigenvalue weighted by Gasteiger charge is -2.30. The number of H-pyrrole nitrogens is 1. The van der Waals surface area contributed by atoms with Gasteiger partial charge in [0.15, 0.2) is 0 Å². The van der Waals surface area contributed by atoms with E-state index in [2.05, 4.69) is 15.6 Å². The SMILES string of the molecule is CCc1c[nH]c(=O)c(C(=O)NC2CCC(=O)NC2C)c1. The number of carbonyl (C=O) groups is 2. The maximum atomic E-state index is 12.2. The number of carbonyl (C=O) groups excluding carboxylic acids is 2. The minimum absolute atomic E-state index is 0.00572. The third-order valence-electron chi connectivity index (χ3n) is 3.61. The summed E-state index contributed by atoms with van der Waals surface area (Å²) in [6.07, 6.45) is 3.33. The Labute approximate surface area is 117 Å². The Kier molecular flexibility index (Phi) is 4.22. The molecule has 3 N–H and O–H groups in total.